The van der Waals surface area contributed by atoms with Gasteiger partial charge in [-0.05, 0) is 136 Å². The first-order valence-electron chi connectivity index (χ1n) is 29.7. The number of hydrogen-bond acceptors (Lipinski definition) is 13. The second-order valence-electron chi connectivity index (χ2n) is 29.4. The predicted octanol–water partition coefficient (Wildman–Crippen LogP) is 12.9. The fourth-order valence-electron chi connectivity index (χ4n) is 12.1. The lowest BCUT2D eigenvalue weighted by Gasteiger charge is -2.56. The van der Waals surface area contributed by atoms with Crippen molar-refractivity contribution < 1.29 is 60.8 Å². The number of rotatable bonds is 9. The molecule has 9 aliphatic rings. The van der Waals surface area contributed by atoms with Crippen molar-refractivity contribution in [1.82, 2.24) is 0 Å². The SMILES string of the molecule is C=C1C[C@@H]2CCC(=O)/C=C/C(O[Si](C)(C)C(C)(C)C)C3O[C@H]4CC[C@H](CC(=O)C[C@@H]5[C@@H](OC)[C@@H](C[C@H]6COC(C)(C)O6)O[C@H]5C[C@H]5O[C@@H](CC[C@@H]1O2)C[C@@H](C)C5=C)O[C@@H]4C(O[Si](C)(C)C(C)(C)C)C3O[Si](C)(C)C(C)(C)C. The van der Waals surface area contributed by atoms with E-state index < -0.39 is 61.3 Å². The summed E-state index contributed by atoms with van der Waals surface area (Å²) in [6.07, 6.45) is 5.40. The molecule has 0 saturated carbocycles. The van der Waals surface area contributed by atoms with Gasteiger partial charge in [-0.1, -0.05) is 88.5 Å². The van der Waals surface area contributed by atoms with Gasteiger partial charge in [-0.2, -0.15) is 0 Å². The number of hydrogen-bond donors (Lipinski definition) is 0. The van der Waals surface area contributed by atoms with E-state index in [-0.39, 0.29) is 112 Å². The molecule has 9 aliphatic heterocycles. The molecular formula is C61H106O13Si3. The Balaban J connectivity index is 1.28. The van der Waals surface area contributed by atoms with Gasteiger partial charge in [-0.15, -0.1) is 0 Å². The average Bonchev–Trinajstić information content (AvgIpc) is 3.95. The van der Waals surface area contributed by atoms with Crippen molar-refractivity contribution >= 4 is 36.5 Å². The smallest absolute Gasteiger partial charge is 0.193 e. The molecule has 8 bridgehead atoms. The minimum absolute atomic E-state index is 0.00704. The number of fused-ring (bicyclic) bond motifs is 2. The summed E-state index contributed by atoms with van der Waals surface area (Å²) in [6, 6.07) is 0. The van der Waals surface area contributed by atoms with Crippen LogP contribution in [-0.2, 0) is 60.8 Å². The molecule has 13 nitrogen and oxygen atoms in total. The molecular weight excluding hydrogens is 1020 g/mol. The Morgan fingerprint density at radius 1 is 0.649 bits per heavy atom. The van der Waals surface area contributed by atoms with E-state index in [2.05, 4.69) is 122 Å². The molecule has 0 N–H and O–H groups in total. The lowest BCUT2D eigenvalue weighted by Crippen LogP contribution is -2.69. The first-order valence-corrected chi connectivity index (χ1v) is 38.4. The van der Waals surface area contributed by atoms with Gasteiger partial charge < -0.3 is 51.2 Å². The van der Waals surface area contributed by atoms with Crippen LogP contribution in [0, 0.1) is 11.8 Å². The Hall–Kier alpha value is -1.23. The van der Waals surface area contributed by atoms with Gasteiger partial charge in [0.15, 0.2) is 36.5 Å². The maximum Gasteiger partial charge on any atom is 0.193 e. The second-order valence-corrected chi connectivity index (χ2v) is 43.7. The van der Waals surface area contributed by atoms with Crippen LogP contribution in [0.25, 0.3) is 0 Å². The highest BCUT2D eigenvalue weighted by Crippen LogP contribution is 2.49. The number of allylic oxidation sites excluding steroid dienone is 1. The lowest BCUT2D eigenvalue weighted by atomic mass is 9.81. The lowest BCUT2D eigenvalue weighted by molar-refractivity contribution is -0.266. The summed E-state index contributed by atoms with van der Waals surface area (Å²) < 4.78 is 77.1. The van der Waals surface area contributed by atoms with Crippen molar-refractivity contribution in [3.8, 4) is 0 Å². The molecule has 0 amide bonds. The maximum absolute atomic E-state index is 15.0. The van der Waals surface area contributed by atoms with E-state index in [4.69, 9.17) is 51.2 Å². The normalized spacial score (nSPS) is 39.1. The van der Waals surface area contributed by atoms with E-state index in [9.17, 15) is 9.59 Å². The van der Waals surface area contributed by atoms with Crippen LogP contribution < -0.4 is 0 Å². The Kier molecular flexibility index (Phi) is 19.9. The number of ether oxygens (including phenoxy) is 8. The summed E-state index contributed by atoms with van der Waals surface area (Å²) in [4.78, 5) is 29.1. The highest BCUT2D eigenvalue weighted by Gasteiger charge is 2.58. The Bertz CT molecular complexity index is 2100. The summed E-state index contributed by atoms with van der Waals surface area (Å²) in [5, 5.41) is -0.436. The second kappa shape index (κ2) is 24.2. The highest BCUT2D eigenvalue weighted by molar-refractivity contribution is 6.75. The highest BCUT2D eigenvalue weighted by atomic mass is 28.4. The fraction of sp³-hybridized carbons (Fsp3) is 0.869. The summed E-state index contributed by atoms with van der Waals surface area (Å²) in [5.41, 5.74) is 2.13. The average molecular weight is 1130 g/mol. The third-order valence-electron chi connectivity index (χ3n) is 19.9. The molecule has 17 atom stereocenters. The summed E-state index contributed by atoms with van der Waals surface area (Å²) in [5.74, 6) is -0.568. The van der Waals surface area contributed by atoms with Gasteiger partial charge in [0.05, 0.1) is 73.8 Å². The van der Waals surface area contributed by atoms with Crippen molar-refractivity contribution in [3.63, 3.8) is 0 Å². The molecule has 9 heterocycles. The fourth-order valence-corrected chi connectivity index (χ4v) is 15.9. The van der Waals surface area contributed by atoms with Crippen LogP contribution >= 0.6 is 0 Å². The number of methoxy groups -OCH3 is 1. The monoisotopic (exact) mass is 1130 g/mol. The van der Waals surface area contributed by atoms with E-state index in [0.717, 1.165) is 36.8 Å². The number of carbonyl (C=O) groups excluding carboxylic acids is 2. The molecule has 0 aromatic carbocycles. The zero-order valence-corrected chi connectivity index (χ0v) is 54.4. The van der Waals surface area contributed by atoms with Crippen LogP contribution in [0.3, 0.4) is 0 Å². The third-order valence-corrected chi connectivity index (χ3v) is 33.3. The van der Waals surface area contributed by atoms with Crippen molar-refractivity contribution in [2.75, 3.05) is 13.7 Å². The van der Waals surface area contributed by atoms with Gasteiger partial charge in [0.2, 0.25) is 0 Å². The molecule has 6 saturated heterocycles. The summed E-state index contributed by atoms with van der Waals surface area (Å²) in [7, 11) is -5.90. The first-order chi connectivity index (χ1) is 35.5. The van der Waals surface area contributed by atoms with Gasteiger partial charge in [-0.25, -0.2) is 0 Å². The van der Waals surface area contributed by atoms with Gasteiger partial charge >= 0.3 is 0 Å². The predicted molar refractivity (Wildman–Crippen MR) is 311 cm³/mol. The number of carbonyl (C=O) groups is 2. The van der Waals surface area contributed by atoms with E-state index in [1.165, 1.54) is 0 Å². The Morgan fingerprint density at radius 3 is 1.83 bits per heavy atom. The van der Waals surface area contributed by atoms with E-state index >= 15 is 0 Å². The van der Waals surface area contributed by atoms with Crippen molar-refractivity contribution in [2.24, 2.45) is 11.8 Å². The molecule has 4 unspecified atom stereocenters. The zero-order valence-electron chi connectivity index (χ0n) is 51.4. The zero-order chi connectivity index (χ0) is 57.0. The van der Waals surface area contributed by atoms with Crippen LogP contribution in [-0.4, -0.2) is 148 Å². The molecule has 0 aromatic heterocycles. The van der Waals surface area contributed by atoms with Crippen molar-refractivity contribution in [1.29, 1.82) is 0 Å². The standard InChI is InChI=1S/C61H106O13Si3/c1-37-30-43-25-28-47-38(2)31-42(66-47)24-22-40(62)23-27-49(72-75(16,17)58(4,5)6)55-57(74-77(20,21)60(10,11)12)56(73-76(18,19)59(7,8)9)54-48(70-55)29-26-44(68-54)32-41(63)33-46-51(35-50(67-43)39(37)3)69-52(53(46)64-15)34-45-36-65-61(13,14)71-45/h23,27,37,42-57H,2-3,22,24-26,28-36H2,1,4-21H3/b27-23+/t37-,42+,43+,44-,45+,46+,47+,48+,49?,50-,51+,52-,53-,54+,55?,56?,57?/m1/s1. The minimum Gasteiger partial charge on any atom is -0.408 e. The van der Waals surface area contributed by atoms with E-state index in [1.54, 1.807) is 13.2 Å². The summed E-state index contributed by atoms with van der Waals surface area (Å²) in [6.45, 7) is 49.6. The van der Waals surface area contributed by atoms with Crippen LogP contribution in [0.4, 0.5) is 0 Å². The minimum atomic E-state index is -2.57. The molecule has 0 aromatic rings. The molecule has 0 radical (unpaired) electrons. The largest absolute Gasteiger partial charge is 0.408 e. The summed E-state index contributed by atoms with van der Waals surface area (Å²) >= 11 is 0. The van der Waals surface area contributed by atoms with E-state index in [1.807, 2.05) is 19.9 Å². The molecule has 0 spiro atoms. The van der Waals surface area contributed by atoms with Gasteiger partial charge in [0, 0.05) is 45.1 Å². The Morgan fingerprint density at radius 2 is 1.23 bits per heavy atom. The maximum atomic E-state index is 15.0. The molecule has 6 fully saturated rings. The molecule has 16 heteroatoms. The van der Waals surface area contributed by atoms with Gasteiger partial charge in [-0.3, -0.25) is 9.59 Å². The Labute approximate surface area is 469 Å². The van der Waals surface area contributed by atoms with Gasteiger partial charge in [0.25, 0.3) is 0 Å². The van der Waals surface area contributed by atoms with E-state index in [0.29, 0.717) is 45.1 Å². The van der Waals surface area contributed by atoms with Gasteiger partial charge in [0.1, 0.15) is 30.2 Å². The van der Waals surface area contributed by atoms with Crippen LogP contribution in [0.1, 0.15) is 160 Å². The molecule has 9 rings (SSSR count). The van der Waals surface area contributed by atoms with Crippen molar-refractivity contribution in [3.05, 3.63) is 36.5 Å². The van der Waals surface area contributed by atoms with Crippen molar-refractivity contribution in [2.45, 2.75) is 312 Å². The molecule has 440 valence electrons. The topological polar surface area (TPSA) is 136 Å². The van der Waals surface area contributed by atoms with Crippen LogP contribution in [0.15, 0.2) is 36.5 Å². The molecule has 77 heavy (non-hydrogen) atoms. The number of ketones is 2. The quantitative estimate of drug-likeness (QED) is 0.160. The van der Waals surface area contributed by atoms with Crippen LogP contribution in [0.5, 0.6) is 0 Å². The third kappa shape index (κ3) is 15.1. The van der Waals surface area contributed by atoms with Crippen LogP contribution in [0.2, 0.25) is 54.4 Å². The first kappa shape index (κ1) is 63.4. The number of Topliss-reactive ketones (excluding diaryl/α,β-unsaturated/α-hetero) is 1. The molecule has 0 aliphatic carbocycles.